The lowest BCUT2D eigenvalue weighted by Gasteiger charge is -2.19. The number of carbonyl (C=O) groups excluding carboxylic acids is 1. The highest BCUT2D eigenvalue weighted by Crippen LogP contribution is 2.12. The van der Waals surface area contributed by atoms with E-state index >= 15 is 0 Å². The minimum Gasteiger partial charge on any atom is -0.460 e. The van der Waals surface area contributed by atoms with Crippen LogP contribution in [0.25, 0.3) is 0 Å². The summed E-state index contributed by atoms with van der Waals surface area (Å²) >= 11 is 0. The molecule has 0 unspecified atom stereocenters. The van der Waals surface area contributed by atoms with E-state index in [9.17, 15) is 4.79 Å². The molecule has 130 valence electrons. The second-order valence-electron chi connectivity index (χ2n) is 7.21. The van der Waals surface area contributed by atoms with Gasteiger partial charge in [0.25, 0.3) is 0 Å². The van der Waals surface area contributed by atoms with Gasteiger partial charge in [0.15, 0.2) is 0 Å². The van der Waals surface area contributed by atoms with Gasteiger partial charge >= 0.3 is 5.97 Å². The summed E-state index contributed by atoms with van der Waals surface area (Å²) in [5.41, 5.74) is -0.347. The number of hydrogen-bond donors (Lipinski definition) is 0. The number of rotatable bonds is 13. The third-order valence-corrected chi connectivity index (χ3v) is 3.56. The van der Waals surface area contributed by atoms with Crippen LogP contribution in [0.5, 0.6) is 0 Å². The molecule has 0 saturated heterocycles. The van der Waals surface area contributed by atoms with Gasteiger partial charge in [-0.05, 0) is 52.9 Å². The van der Waals surface area contributed by atoms with Crippen LogP contribution in [0, 0.1) is 0 Å². The number of allylic oxidation sites excluding steroid dienone is 2. The maximum Gasteiger partial charge on any atom is 0.306 e. The smallest absolute Gasteiger partial charge is 0.306 e. The molecule has 0 N–H and O–H groups in total. The van der Waals surface area contributed by atoms with Crippen LogP contribution in [-0.2, 0) is 9.53 Å². The van der Waals surface area contributed by atoms with E-state index in [1.807, 2.05) is 20.8 Å². The lowest BCUT2D eigenvalue weighted by atomic mass is 10.1. The fraction of sp³-hybridized carbons (Fsp3) is 0.850. The Hall–Kier alpha value is -0.790. The molecule has 0 radical (unpaired) electrons. The summed E-state index contributed by atoms with van der Waals surface area (Å²) in [7, 11) is 0. The zero-order valence-corrected chi connectivity index (χ0v) is 15.5. The SMILES string of the molecule is CCCCCC/C=C/CCCCCCCC(=O)OC(C)(C)C. The monoisotopic (exact) mass is 310 g/mol. The van der Waals surface area contributed by atoms with Crippen molar-refractivity contribution >= 4 is 5.97 Å². The highest BCUT2D eigenvalue weighted by atomic mass is 16.6. The molecular weight excluding hydrogens is 272 g/mol. The predicted molar refractivity (Wildman–Crippen MR) is 96.1 cm³/mol. The molecule has 0 aromatic carbocycles. The standard InChI is InChI=1S/C20H38O2/c1-5-6-7-8-9-10-11-12-13-14-15-16-17-18-19(21)22-20(2,3)4/h10-11H,5-9,12-18H2,1-4H3/b11-10+. The Kier molecular flexibility index (Phi) is 13.3. The van der Waals surface area contributed by atoms with Gasteiger partial charge in [0.05, 0.1) is 0 Å². The van der Waals surface area contributed by atoms with Crippen LogP contribution in [0.1, 0.15) is 105 Å². The van der Waals surface area contributed by atoms with Gasteiger partial charge in [-0.25, -0.2) is 0 Å². The van der Waals surface area contributed by atoms with Gasteiger partial charge in [-0.3, -0.25) is 4.79 Å². The Balaban J connectivity index is 3.27. The van der Waals surface area contributed by atoms with Crippen LogP contribution < -0.4 is 0 Å². The summed E-state index contributed by atoms with van der Waals surface area (Å²) in [5.74, 6) is -0.0569. The van der Waals surface area contributed by atoms with Gasteiger partial charge in [-0.15, -0.1) is 0 Å². The van der Waals surface area contributed by atoms with E-state index in [4.69, 9.17) is 4.74 Å². The molecule has 0 fully saturated rings. The Morgan fingerprint density at radius 3 is 1.86 bits per heavy atom. The molecule has 0 amide bonds. The largest absolute Gasteiger partial charge is 0.460 e. The summed E-state index contributed by atoms with van der Waals surface area (Å²) in [6.07, 6.45) is 19.0. The van der Waals surface area contributed by atoms with E-state index in [2.05, 4.69) is 19.1 Å². The minimum atomic E-state index is -0.347. The molecule has 0 aromatic heterocycles. The molecule has 22 heavy (non-hydrogen) atoms. The fourth-order valence-corrected chi connectivity index (χ4v) is 2.38. The summed E-state index contributed by atoms with van der Waals surface area (Å²) in [6, 6.07) is 0. The van der Waals surface area contributed by atoms with Crippen LogP contribution in [0.4, 0.5) is 0 Å². The van der Waals surface area contributed by atoms with Gasteiger partial charge in [-0.2, -0.15) is 0 Å². The number of hydrogen-bond acceptors (Lipinski definition) is 2. The van der Waals surface area contributed by atoms with Crippen molar-refractivity contribution in [2.75, 3.05) is 0 Å². The second-order valence-corrected chi connectivity index (χ2v) is 7.21. The van der Waals surface area contributed by atoms with Gasteiger partial charge in [0.1, 0.15) is 5.60 Å². The molecule has 0 heterocycles. The maximum absolute atomic E-state index is 11.5. The van der Waals surface area contributed by atoms with E-state index in [-0.39, 0.29) is 11.6 Å². The minimum absolute atomic E-state index is 0.0569. The average Bonchev–Trinajstić information content (AvgIpc) is 2.42. The van der Waals surface area contributed by atoms with Gasteiger partial charge in [-0.1, -0.05) is 57.6 Å². The van der Waals surface area contributed by atoms with Gasteiger partial charge < -0.3 is 4.74 Å². The fourth-order valence-electron chi connectivity index (χ4n) is 2.38. The molecular formula is C20H38O2. The molecule has 0 aliphatic rings. The first-order valence-electron chi connectivity index (χ1n) is 9.32. The molecule has 2 nitrogen and oxygen atoms in total. The molecule has 0 spiro atoms. The molecule has 0 atom stereocenters. The first kappa shape index (κ1) is 21.2. The molecule has 0 aromatic rings. The highest BCUT2D eigenvalue weighted by molar-refractivity contribution is 5.69. The Bertz CT molecular complexity index is 287. The predicted octanol–water partition coefficient (Wildman–Crippen LogP) is 6.59. The third-order valence-electron chi connectivity index (χ3n) is 3.56. The Labute approximate surface area is 138 Å². The molecule has 0 bridgehead atoms. The first-order valence-corrected chi connectivity index (χ1v) is 9.32. The first-order chi connectivity index (χ1) is 10.5. The molecule has 0 aliphatic heterocycles. The third kappa shape index (κ3) is 17.3. The number of unbranched alkanes of at least 4 members (excludes halogenated alkanes) is 9. The van der Waals surface area contributed by atoms with Crippen LogP contribution >= 0.6 is 0 Å². The molecule has 0 aliphatic carbocycles. The summed E-state index contributed by atoms with van der Waals surface area (Å²) < 4.78 is 5.30. The van der Waals surface area contributed by atoms with E-state index in [0.29, 0.717) is 6.42 Å². The van der Waals surface area contributed by atoms with Gasteiger partial charge in [0, 0.05) is 6.42 Å². The van der Waals surface area contributed by atoms with Crippen molar-refractivity contribution in [1.29, 1.82) is 0 Å². The number of ether oxygens (including phenoxy) is 1. The van der Waals surface area contributed by atoms with Crippen LogP contribution in [0.3, 0.4) is 0 Å². The maximum atomic E-state index is 11.5. The van der Waals surface area contributed by atoms with Crippen molar-refractivity contribution in [2.45, 2.75) is 110 Å². The van der Waals surface area contributed by atoms with Crippen molar-refractivity contribution in [3.8, 4) is 0 Å². The van der Waals surface area contributed by atoms with E-state index in [1.54, 1.807) is 0 Å². The summed E-state index contributed by atoms with van der Waals surface area (Å²) in [5, 5.41) is 0. The summed E-state index contributed by atoms with van der Waals surface area (Å²) in [6.45, 7) is 8.01. The summed E-state index contributed by atoms with van der Waals surface area (Å²) in [4.78, 5) is 11.5. The van der Waals surface area contributed by atoms with Crippen LogP contribution in [-0.4, -0.2) is 11.6 Å². The van der Waals surface area contributed by atoms with Crippen molar-refractivity contribution in [2.24, 2.45) is 0 Å². The van der Waals surface area contributed by atoms with E-state index < -0.39 is 0 Å². The van der Waals surface area contributed by atoms with Crippen LogP contribution in [0.2, 0.25) is 0 Å². The van der Waals surface area contributed by atoms with Crippen LogP contribution in [0.15, 0.2) is 12.2 Å². The van der Waals surface area contributed by atoms with Crippen molar-refractivity contribution < 1.29 is 9.53 Å². The van der Waals surface area contributed by atoms with Gasteiger partial charge in [0.2, 0.25) is 0 Å². The quantitative estimate of drug-likeness (QED) is 0.218. The number of carbonyl (C=O) groups is 1. The lowest BCUT2D eigenvalue weighted by molar-refractivity contribution is -0.154. The molecule has 0 rings (SSSR count). The Morgan fingerprint density at radius 1 is 0.818 bits per heavy atom. The van der Waals surface area contributed by atoms with Crippen molar-refractivity contribution in [1.82, 2.24) is 0 Å². The molecule has 0 saturated carbocycles. The zero-order valence-electron chi connectivity index (χ0n) is 15.5. The van der Waals surface area contributed by atoms with E-state index in [1.165, 1.54) is 57.8 Å². The lowest BCUT2D eigenvalue weighted by Crippen LogP contribution is -2.23. The highest BCUT2D eigenvalue weighted by Gasteiger charge is 2.15. The van der Waals surface area contributed by atoms with E-state index in [0.717, 1.165) is 12.8 Å². The normalized spacial score (nSPS) is 12.0. The average molecular weight is 311 g/mol. The van der Waals surface area contributed by atoms with Crippen molar-refractivity contribution in [3.63, 3.8) is 0 Å². The van der Waals surface area contributed by atoms with Crippen molar-refractivity contribution in [3.05, 3.63) is 12.2 Å². The topological polar surface area (TPSA) is 26.3 Å². The Morgan fingerprint density at radius 2 is 1.32 bits per heavy atom. The molecule has 2 heteroatoms. The number of esters is 1. The second kappa shape index (κ2) is 13.8. The zero-order chi connectivity index (χ0) is 16.7.